The zero-order valence-electron chi connectivity index (χ0n) is 19.5. The van der Waals surface area contributed by atoms with Crippen LogP contribution >= 0.6 is 18.7 Å². The first-order valence-corrected chi connectivity index (χ1v) is 14.0. The van der Waals surface area contributed by atoms with Crippen LogP contribution < -0.4 is 31.3 Å². The van der Waals surface area contributed by atoms with Crippen molar-refractivity contribution in [3.8, 4) is 5.75 Å². The Balaban J connectivity index is 1.51. The normalized spacial score (nSPS) is 14.7. The molecular weight excluding hydrogens is 473 g/mol. The lowest BCUT2D eigenvalue weighted by Gasteiger charge is -2.32. The molecule has 0 radical (unpaired) electrons. The van der Waals surface area contributed by atoms with Crippen LogP contribution in [0.2, 0.25) is 5.15 Å². The summed E-state index contributed by atoms with van der Waals surface area (Å²) in [6, 6.07) is 13.5. The topological polar surface area (TPSA) is 118 Å². The van der Waals surface area contributed by atoms with Gasteiger partial charge in [-0.2, -0.15) is 4.98 Å². The third kappa shape index (κ3) is 5.78. The summed E-state index contributed by atoms with van der Waals surface area (Å²) in [5, 5.41) is 15.3. The SMILES string of the molecule is COc1cc(N2CCC(N)CC2)ccc1Nc1nnc(Cl)c(Nc2ccc(P(C)(C)=O)cc2)n1. The maximum absolute atomic E-state index is 12.2. The summed E-state index contributed by atoms with van der Waals surface area (Å²) in [7, 11) is -0.698. The predicted octanol–water partition coefficient (Wildman–Crippen LogP) is 4.20. The van der Waals surface area contributed by atoms with Gasteiger partial charge in [0.15, 0.2) is 11.0 Å². The number of ether oxygens (including phenoxy) is 1. The van der Waals surface area contributed by atoms with Crippen molar-refractivity contribution >= 4 is 52.9 Å². The van der Waals surface area contributed by atoms with Crippen LogP contribution in [0.1, 0.15) is 12.8 Å². The van der Waals surface area contributed by atoms with Gasteiger partial charge in [0.2, 0.25) is 5.95 Å². The second-order valence-corrected chi connectivity index (χ2v) is 12.2. The fourth-order valence-electron chi connectivity index (χ4n) is 3.74. The molecule has 0 spiro atoms. The fraction of sp³-hybridized carbons (Fsp3) is 0.348. The van der Waals surface area contributed by atoms with Crippen molar-refractivity contribution in [3.05, 3.63) is 47.6 Å². The molecule has 1 aromatic heterocycles. The molecule has 9 nitrogen and oxygen atoms in total. The summed E-state index contributed by atoms with van der Waals surface area (Å²) < 4.78 is 17.8. The molecule has 11 heteroatoms. The number of aromatic nitrogens is 3. The van der Waals surface area contributed by atoms with E-state index in [9.17, 15) is 4.57 Å². The van der Waals surface area contributed by atoms with Crippen molar-refractivity contribution in [2.45, 2.75) is 18.9 Å². The number of rotatable bonds is 7. The average molecular weight is 502 g/mol. The number of piperidine rings is 1. The second-order valence-electron chi connectivity index (χ2n) is 8.63. The van der Waals surface area contributed by atoms with Crippen molar-refractivity contribution in [3.63, 3.8) is 0 Å². The molecule has 34 heavy (non-hydrogen) atoms. The van der Waals surface area contributed by atoms with Crippen LogP contribution in [0.4, 0.5) is 28.8 Å². The molecule has 1 saturated heterocycles. The number of halogens is 1. The van der Waals surface area contributed by atoms with Crippen LogP contribution in [0.25, 0.3) is 0 Å². The van der Waals surface area contributed by atoms with Crippen LogP contribution in [0.15, 0.2) is 42.5 Å². The summed E-state index contributed by atoms with van der Waals surface area (Å²) in [5.74, 6) is 1.29. The summed E-state index contributed by atoms with van der Waals surface area (Å²) in [6.45, 7) is 5.32. The minimum absolute atomic E-state index is 0.136. The minimum atomic E-state index is -2.32. The van der Waals surface area contributed by atoms with E-state index in [2.05, 4.69) is 30.7 Å². The Labute approximate surface area is 204 Å². The Bertz CT molecular complexity index is 1190. The molecule has 0 aliphatic carbocycles. The van der Waals surface area contributed by atoms with Gasteiger partial charge in [-0.3, -0.25) is 0 Å². The van der Waals surface area contributed by atoms with Gasteiger partial charge in [-0.05, 0) is 62.6 Å². The quantitative estimate of drug-likeness (QED) is 0.409. The predicted molar refractivity (Wildman–Crippen MR) is 139 cm³/mol. The summed E-state index contributed by atoms with van der Waals surface area (Å²) in [5.41, 5.74) is 8.57. The second kappa shape index (κ2) is 10.2. The Morgan fingerprint density at radius 2 is 1.79 bits per heavy atom. The standard InChI is InChI=1S/C23H29ClN7O2P/c1-33-20-14-17(31-12-10-15(25)11-13-31)6-9-19(20)27-23-28-22(21(24)29-30-23)26-16-4-7-18(8-5-16)34(2,3)32/h4-9,14-15H,10-13,25H2,1-3H3,(H2,26,27,28,30). The highest BCUT2D eigenvalue weighted by Gasteiger charge is 2.18. The van der Waals surface area contributed by atoms with Gasteiger partial charge in [0, 0.05) is 41.9 Å². The van der Waals surface area contributed by atoms with Gasteiger partial charge in [-0.1, -0.05) is 11.6 Å². The summed E-state index contributed by atoms with van der Waals surface area (Å²) in [4.78, 5) is 6.77. The number of anilines is 5. The van der Waals surface area contributed by atoms with Crippen molar-refractivity contribution in [2.75, 3.05) is 49.1 Å². The number of benzene rings is 2. The van der Waals surface area contributed by atoms with E-state index in [1.165, 1.54) is 0 Å². The molecule has 4 rings (SSSR count). The molecule has 3 aromatic rings. The molecule has 180 valence electrons. The van der Waals surface area contributed by atoms with Crippen LogP contribution in [0, 0.1) is 0 Å². The highest BCUT2D eigenvalue weighted by atomic mass is 35.5. The molecule has 0 saturated carbocycles. The third-order valence-corrected chi connectivity index (χ3v) is 7.53. The number of nitrogens with two attached hydrogens (primary N) is 1. The maximum atomic E-state index is 12.2. The van der Waals surface area contributed by atoms with E-state index < -0.39 is 7.14 Å². The fourth-order valence-corrected chi connectivity index (χ4v) is 4.74. The van der Waals surface area contributed by atoms with Crippen molar-refractivity contribution in [2.24, 2.45) is 5.73 Å². The minimum Gasteiger partial charge on any atom is -0.494 e. The highest BCUT2D eigenvalue weighted by molar-refractivity contribution is 7.70. The molecule has 4 N–H and O–H groups in total. The molecular formula is C23H29ClN7O2P. The Morgan fingerprint density at radius 3 is 2.44 bits per heavy atom. The first-order chi connectivity index (χ1) is 16.2. The number of hydrogen-bond acceptors (Lipinski definition) is 9. The molecule has 0 unspecified atom stereocenters. The molecule has 1 aliphatic rings. The van der Waals surface area contributed by atoms with Crippen LogP contribution in [-0.4, -0.2) is 54.8 Å². The van der Waals surface area contributed by atoms with Crippen molar-refractivity contribution in [1.29, 1.82) is 0 Å². The Hall–Kier alpha value is -2.87. The zero-order valence-corrected chi connectivity index (χ0v) is 21.1. The smallest absolute Gasteiger partial charge is 0.249 e. The number of nitrogens with one attached hydrogen (secondary N) is 2. The van der Waals surface area contributed by atoms with E-state index in [4.69, 9.17) is 22.1 Å². The Kier molecular flexibility index (Phi) is 7.26. The van der Waals surface area contributed by atoms with Gasteiger partial charge < -0.3 is 30.6 Å². The lowest BCUT2D eigenvalue weighted by molar-refractivity contribution is 0.416. The van der Waals surface area contributed by atoms with Gasteiger partial charge in [-0.15, -0.1) is 10.2 Å². The van der Waals surface area contributed by atoms with Crippen molar-refractivity contribution in [1.82, 2.24) is 15.2 Å². The maximum Gasteiger partial charge on any atom is 0.249 e. The first-order valence-electron chi connectivity index (χ1n) is 11.0. The van der Waals surface area contributed by atoms with Crippen LogP contribution in [0.3, 0.4) is 0 Å². The Morgan fingerprint density at radius 1 is 1.09 bits per heavy atom. The molecule has 1 aliphatic heterocycles. The largest absolute Gasteiger partial charge is 0.494 e. The van der Waals surface area contributed by atoms with E-state index in [1.54, 1.807) is 20.4 Å². The highest BCUT2D eigenvalue weighted by Crippen LogP contribution is 2.35. The van der Waals surface area contributed by atoms with E-state index >= 15 is 0 Å². The summed E-state index contributed by atoms with van der Waals surface area (Å²) in [6.07, 6.45) is 1.95. The van der Waals surface area contributed by atoms with Gasteiger partial charge in [0.1, 0.15) is 12.9 Å². The van der Waals surface area contributed by atoms with Gasteiger partial charge in [0.05, 0.1) is 12.8 Å². The van der Waals surface area contributed by atoms with Crippen LogP contribution in [-0.2, 0) is 4.57 Å². The average Bonchev–Trinajstić information content (AvgIpc) is 2.82. The van der Waals surface area contributed by atoms with Crippen LogP contribution in [0.5, 0.6) is 5.75 Å². The molecule has 1 fully saturated rings. The number of nitrogens with zero attached hydrogens (tertiary/aromatic N) is 4. The third-order valence-electron chi connectivity index (χ3n) is 5.73. The van der Waals surface area contributed by atoms with Gasteiger partial charge in [-0.25, -0.2) is 0 Å². The monoisotopic (exact) mass is 501 g/mol. The summed E-state index contributed by atoms with van der Waals surface area (Å²) >= 11 is 6.22. The number of hydrogen-bond donors (Lipinski definition) is 3. The molecule has 0 bridgehead atoms. The van der Waals surface area contributed by atoms with Gasteiger partial charge >= 0.3 is 0 Å². The molecule has 2 heterocycles. The molecule has 0 atom stereocenters. The van der Waals surface area contributed by atoms with E-state index in [0.29, 0.717) is 17.3 Å². The lowest BCUT2D eigenvalue weighted by Crippen LogP contribution is -2.39. The van der Waals surface area contributed by atoms with E-state index in [-0.39, 0.29) is 17.1 Å². The first kappa shape index (κ1) is 24.3. The number of methoxy groups -OCH3 is 1. The van der Waals surface area contributed by atoms with Crippen molar-refractivity contribution < 1.29 is 9.30 Å². The zero-order chi connectivity index (χ0) is 24.3. The van der Waals surface area contributed by atoms with Gasteiger partial charge in [0.25, 0.3) is 0 Å². The van der Waals surface area contributed by atoms with E-state index in [1.807, 2.05) is 42.5 Å². The molecule has 2 aromatic carbocycles. The van der Waals surface area contributed by atoms with E-state index in [0.717, 1.165) is 42.6 Å². The molecule has 0 amide bonds. The lowest BCUT2D eigenvalue weighted by atomic mass is 10.1.